The number of benzene rings is 2. The van der Waals surface area contributed by atoms with Crippen LogP contribution in [0.15, 0.2) is 53.4 Å². The predicted molar refractivity (Wildman–Crippen MR) is 91.2 cm³/mol. The number of aliphatic hydroxyl groups is 1. The van der Waals surface area contributed by atoms with E-state index >= 15 is 0 Å². The molecule has 1 atom stereocenters. The molecule has 2 aromatic rings. The molecule has 130 valence electrons. The molecule has 0 radical (unpaired) electrons. The highest BCUT2D eigenvalue weighted by Crippen LogP contribution is 2.17. The van der Waals surface area contributed by atoms with Gasteiger partial charge in [-0.25, -0.2) is 0 Å². The second-order valence-corrected chi connectivity index (χ2v) is 7.33. The molecule has 0 amide bonds. The summed E-state index contributed by atoms with van der Waals surface area (Å²) >= 11 is 0. The van der Waals surface area contributed by atoms with Crippen molar-refractivity contribution >= 4 is 10.1 Å². The highest BCUT2D eigenvalue weighted by atomic mass is 32.2. The van der Waals surface area contributed by atoms with Gasteiger partial charge in [0.25, 0.3) is 10.1 Å². The van der Waals surface area contributed by atoms with Crippen molar-refractivity contribution in [1.82, 2.24) is 0 Å². The summed E-state index contributed by atoms with van der Waals surface area (Å²) in [6.45, 7) is 3.64. The third-order valence-corrected chi connectivity index (χ3v) is 4.58. The lowest BCUT2D eigenvalue weighted by Crippen LogP contribution is -2.24. The summed E-state index contributed by atoms with van der Waals surface area (Å²) in [5.74, 6) is 0. The first-order valence-corrected chi connectivity index (χ1v) is 9.05. The summed E-state index contributed by atoms with van der Waals surface area (Å²) in [4.78, 5) is 0.0948. The molecule has 0 aliphatic carbocycles. The number of rotatable bonds is 8. The average Bonchev–Trinajstić information content (AvgIpc) is 2.53. The van der Waals surface area contributed by atoms with Gasteiger partial charge in [0, 0.05) is 0 Å². The zero-order chi connectivity index (χ0) is 17.6. The molecular formula is C18H22O5S. The van der Waals surface area contributed by atoms with Crippen LogP contribution in [0.3, 0.4) is 0 Å². The lowest BCUT2D eigenvalue weighted by atomic mass is 10.2. The largest absolute Gasteiger partial charge is 0.388 e. The highest BCUT2D eigenvalue weighted by molar-refractivity contribution is 7.86. The molecule has 6 heteroatoms. The second kappa shape index (κ2) is 8.39. The minimum atomic E-state index is -3.89. The highest BCUT2D eigenvalue weighted by Gasteiger charge is 2.18. The van der Waals surface area contributed by atoms with Gasteiger partial charge in [0.05, 0.1) is 24.7 Å². The van der Waals surface area contributed by atoms with Crippen molar-refractivity contribution in [2.24, 2.45) is 0 Å². The summed E-state index contributed by atoms with van der Waals surface area (Å²) in [5, 5.41) is 9.83. The third-order valence-electron chi connectivity index (χ3n) is 3.32. The summed E-state index contributed by atoms with van der Waals surface area (Å²) in [5.41, 5.74) is 2.65. The van der Waals surface area contributed by atoms with E-state index in [0.29, 0.717) is 6.61 Å². The molecule has 1 N–H and O–H groups in total. The number of aryl methyl sites for hydroxylation is 2. The van der Waals surface area contributed by atoms with E-state index < -0.39 is 16.2 Å². The molecule has 0 heterocycles. The second-order valence-electron chi connectivity index (χ2n) is 5.72. The summed E-state index contributed by atoms with van der Waals surface area (Å²) in [7, 11) is -3.89. The van der Waals surface area contributed by atoms with Gasteiger partial charge in [-0.05, 0) is 42.7 Å². The van der Waals surface area contributed by atoms with Gasteiger partial charge in [-0.3, -0.25) is 4.18 Å². The Hall–Kier alpha value is -1.73. The van der Waals surface area contributed by atoms with Crippen molar-refractivity contribution in [1.29, 1.82) is 0 Å². The Labute approximate surface area is 143 Å². The fourth-order valence-electron chi connectivity index (χ4n) is 2.25. The lowest BCUT2D eigenvalue weighted by molar-refractivity contribution is 0.00668. The van der Waals surface area contributed by atoms with Crippen molar-refractivity contribution in [3.63, 3.8) is 0 Å². The Balaban J connectivity index is 1.83. The molecule has 0 aromatic heterocycles. The fraction of sp³-hybridized carbons (Fsp3) is 0.333. The molecule has 0 unspecified atom stereocenters. The van der Waals surface area contributed by atoms with Crippen LogP contribution < -0.4 is 0 Å². The number of aliphatic hydroxyl groups excluding tert-OH is 1. The normalized spacial score (nSPS) is 13.0. The first kappa shape index (κ1) is 18.6. The molecule has 0 aliphatic heterocycles. The van der Waals surface area contributed by atoms with Crippen molar-refractivity contribution in [3.05, 3.63) is 65.2 Å². The number of hydrogen-bond donors (Lipinski definition) is 1. The molecule has 0 spiro atoms. The Morgan fingerprint density at radius 1 is 1.00 bits per heavy atom. The van der Waals surface area contributed by atoms with Gasteiger partial charge in [0.2, 0.25) is 0 Å². The van der Waals surface area contributed by atoms with E-state index in [-0.39, 0.29) is 18.1 Å². The molecule has 0 saturated carbocycles. The average molecular weight is 350 g/mol. The Kier molecular flexibility index (Phi) is 6.51. The Morgan fingerprint density at radius 2 is 1.62 bits per heavy atom. The van der Waals surface area contributed by atoms with Crippen molar-refractivity contribution < 1.29 is 22.4 Å². The lowest BCUT2D eigenvalue weighted by Gasteiger charge is -2.12. The summed E-state index contributed by atoms with van der Waals surface area (Å²) in [6.07, 6.45) is -1.02. The smallest absolute Gasteiger partial charge is 0.297 e. The van der Waals surface area contributed by atoms with Crippen LogP contribution in [0.1, 0.15) is 16.7 Å². The zero-order valence-electron chi connectivity index (χ0n) is 13.8. The quantitative estimate of drug-likeness (QED) is 0.741. The van der Waals surface area contributed by atoms with Gasteiger partial charge < -0.3 is 9.84 Å². The molecule has 0 saturated heterocycles. The number of ether oxygens (including phenoxy) is 1. The Bertz CT molecular complexity index is 736. The molecule has 24 heavy (non-hydrogen) atoms. The van der Waals surface area contributed by atoms with Gasteiger partial charge in [0.15, 0.2) is 0 Å². The minimum absolute atomic E-state index is 0.00272. The van der Waals surface area contributed by atoms with Gasteiger partial charge in [0.1, 0.15) is 6.10 Å². The SMILES string of the molecule is Cc1cc(C)cc(S(=O)(=O)OC[C@H](O)COCc2ccccc2)c1. The van der Waals surface area contributed by atoms with Crippen LogP contribution in [0.25, 0.3) is 0 Å². The van der Waals surface area contributed by atoms with Crippen LogP contribution in [-0.2, 0) is 25.6 Å². The minimum Gasteiger partial charge on any atom is -0.388 e. The van der Waals surface area contributed by atoms with E-state index in [1.54, 1.807) is 12.1 Å². The third kappa shape index (κ3) is 5.72. The van der Waals surface area contributed by atoms with Crippen LogP contribution >= 0.6 is 0 Å². The van der Waals surface area contributed by atoms with E-state index in [1.807, 2.05) is 50.2 Å². The number of hydrogen-bond acceptors (Lipinski definition) is 5. The van der Waals surface area contributed by atoms with Crippen molar-refractivity contribution in [3.8, 4) is 0 Å². The molecule has 5 nitrogen and oxygen atoms in total. The van der Waals surface area contributed by atoms with Crippen LogP contribution in [0, 0.1) is 13.8 Å². The zero-order valence-corrected chi connectivity index (χ0v) is 14.6. The molecule has 0 bridgehead atoms. The molecular weight excluding hydrogens is 328 g/mol. The topological polar surface area (TPSA) is 72.8 Å². The van der Waals surface area contributed by atoms with Gasteiger partial charge in [-0.1, -0.05) is 36.4 Å². The van der Waals surface area contributed by atoms with E-state index in [9.17, 15) is 13.5 Å². The van der Waals surface area contributed by atoms with E-state index in [0.717, 1.165) is 16.7 Å². The van der Waals surface area contributed by atoms with Crippen molar-refractivity contribution in [2.45, 2.75) is 31.5 Å². The molecule has 2 rings (SSSR count). The van der Waals surface area contributed by atoms with E-state index in [4.69, 9.17) is 8.92 Å². The van der Waals surface area contributed by atoms with Crippen LogP contribution in [0.5, 0.6) is 0 Å². The molecule has 2 aromatic carbocycles. The summed E-state index contributed by atoms with van der Waals surface area (Å²) < 4.78 is 34.6. The van der Waals surface area contributed by atoms with Crippen molar-refractivity contribution in [2.75, 3.05) is 13.2 Å². The predicted octanol–water partition coefficient (Wildman–Crippen LogP) is 2.59. The standard InChI is InChI=1S/C18H22O5S/c1-14-8-15(2)10-18(9-14)24(20,21)23-13-17(19)12-22-11-16-6-4-3-5-7-16/h3-10,17,19H,11-13H2,1-2H3/t17-/m1/s1. The van der Waals surface area contributed by atoms with E-state index in [2.05, 4.69) is 0 Å². The maximum absolute atomic E-state index is 12.2. The maximum Gasteiger partial charge on any atom is 0.297 e. The first-order valence-electron chi connectivity index (χ1n) is 7.64. The van der Waals surface area contributed by atoms with Gasteiger partial charge in [-0.15, -0.1) is 0 Å². The fourth-order valence-corrected chi connectivity index (χ4v) is 3.38. The van der Waals surface area contributed by atoms with Crippen LogP contribution in [-0.4, -0.2) is 32.8 Å². The van der Waals surface area contributed by atoms with Gasteiger partial charge >= 0.3 is 0 Å². The van der Waals surface area contributed by atoms with E-state index in [1.165, 1.54) is 0 Å². The van der Waals surface area contributed by atoms with Crippen LogP contribution in [0.4, 0.5) is 0 Å². The molecule has 0 aliphatic rings. The summed E-state index contributed by atoms with van der Waals surface area (Å²) in [6, 6.07) is 14.5. The maximum atomic E-state index is 12.2. The van der Waals surface area contributed by atoms with Gasteiger partial charge in [-0.2, -0.15) is 8.42 Å². The van der Waals surface area contributed by atoms with Crippen LogP contribution in [0.2, 0.25) is 0 Å². The monoisotopic (exact) mass is 350 g/mol. The Morgan fingerprint density at radius 3 is 2.25 bits per heavy atom. The molecule has 0 fully saturated rings. The first-order chi connectivity index (χ1) is 11.4.